The lowest BCUT2D eigenvalue weighted by molar-refractivity contribution is -0.128. The van der Waals surface area contributed by atoms with Crippen molar-refractivity contribution in [2.24, 2.45) is 0 Å². The van der Waals surface area contributed by atoms with Crippen LogP contribution in [0.4, 0.5) is 0 Å². The minimum absolute atomic E-state index is 0.161. The SMILES string of the molecule is O=C1/C=C\CCCCCC(=O)N1. The largest absolute Gasteiger partial charge is 0.293 e. The van der Waals surface area contributed by atoms with E-state index in [4.69, 9.17) is 0 Å². The third-order valence-corrected chi connectivity index (χ3v) is 1.81. The van der Waals surface area contributed by atoms with E-state index in [9.17, 15) is 9.59 Å². The van der Waals surface area contributed by atoms with Gasteiger partial charge in [-0.15, -0.1) is 0 Å². The summed E-state index contributed by atoms with van der Waals surface area (Å²) >= 11 is 0. The smallest absolute Gasteiger partial charge is 0.250 e. The molecule has 0 aromatic heterocycles. The average Bonchev–Trinajstić information content (AvgIpc) is 2.02. The number of carbonyl (C=O) groups is 2. The van der Waals surface area contributed by atoms with Gasteiger partial charge in [0.1, 0.15) is 0 Å². The van der Waals surface area contributed by atoms with Gasteiger partial charge in [-0.25, -0.2) is 0 Å². The summed E-state index contributed by atoms with van der Waals surface area (Å²) in [5, 5.41) is 2.28. The third-order valence-electron chi connectivity index (χ3n) is 1.81. The van der Waals surface area contributed by atoms with Crippen molar-refractivity contribution in [2.75, 3.05) is 0 Å². The fourth-order valence-corrected chi connectivity index (χ4v) is 1.16. The Morgan fingerprint density at radius 1 is 1.17 bits per heavy atom. The normalized spacial score (nSPS) is 23.0. The molecule has 0 saturated carbocycles. The number of amides is 2. The van der Waals surface area contributed by atoms with E-state index in [1.54, 1.807) is 0 Å². The molecule has 0 saturated heterocycles. The number of nitrogens with one attached hydrogen (secondary N) is 1. The van der Waals surface area contributed by atoms with Crippen molar-refractivity contribution in [3.8, 4) is 0 Å². The van der Waals surface area contributed by atoms with E-state index in [1.807, 2.05) is 6.08 Å². The van der Waals surface area contributed by atoms with Crippen LogP contribution < -0.4 is 5.32 Å². The fourth-order valence-electron chi connectivity index (χ4n) is 1.16. The Morgan fingerprint density at radius 2 is 2.00 bits per heavy atom. The van der Waals surface area contributed by atoms with Crippen LogP contribution in [0.5, 0.6) is 0 Å². The summed E-state index contributed by atoms with van der Waals surface area (Å²) in [4.78, 5) is 21.8. The molecular weight excluding hydrogens is 154 g/mol. The van der Waals surface area contributed by atoms with Gasteiger partial charge in [0.25, 0.3) is 0 Å². The van der Waals surface area contributed by atoms with Gasteiger partial charge in [0.05, 0.1) is 0 Å². The van der Waals surface area contributed by atoms with Crippen molar-refractivity contribution in [3.05, 3.63) is 12.2 Å². The molecule has 0 aliphatic carbocycles. The molecular formula is C9H13NO2. The number of hydrogen-bond donors (Lipinski definition) is 1. The molecule has 0 atom stereocenters. The van der Waals surface area contributed by atoms with Gasteiger partial charge in [-0.3, -0.25) is 14.9 Å². The number of imide groups is 1. The quantitative estimate of drug-likeness (QED) is 0.550. The van der Waals surface area contributed by atoms with Crippen molar-refractivity contribution < 1.29 is 9.59 Å². The Labute approximate surface area is 71.8 Å². The summed E-state index contributed by atoms with van der Waals surface area (Å²) in [6.45, 7) is 0. The Balaban J connectivity index is 2.48. The summed E-state index contributed by atoms with van der Waals surface area (Å²) in [5.74, 6) is -0.451. The van der Waals surface area contributed by atoms with Gasteiger partial charge >= 0.3 is 0 Å². The fraction of sp³-hybridized carbons (Fsp3) is 0.556. The maximum absolute atomic E-state index is 10.9. The first-order valence-electron chi connectivity index (χ1n) is 4.29. The number of allylic oxidation sites excluding steroid dienone is 1. The first-order valence-corrected chi connectivity index (χ1v) is 4.29. The molecule has 66 valence electrons. The molecule has 0 aromatic rings. The summed E-state index contributed by atoms with van der Waals surface area (Å²) in [6.07, 6.45) is 7.66. The van der Waals surface area contributed by atoms with E-state index < -0.39 is 0 Å². The zero-order valence-corrected chi connectivity index (χ0v) is 7.01. The lowest BCUT2D eigenvalue weighted by atomic mass is 10.1. The molecule has 1 aliphatic heterocycles. The third kappa shape index (κ3) is 3.32. The van der Waals surface area contributed by atoms with Gasteiger partial charge in [-0.2, -0.15) is 0 Å². The van der Waals surface area contributed by atoms with E-state index in [0.717, 1.165) is 25.7 Å². The highest BCUT2D eigenvalue weighted by Crippen LogP contribution is 2.04. The van der Waals surface area contributed by atoms with Crippen LogP contribution in [0.1, 0.15) is 32.1 Å². The highest BCUT2D eigenvalue weighted by atomic mass is 16.2. The summed E-state index contributed by atoms with van der Waals surface area (Å²) < 4.78 is 0. The van der Waals surface area contributed by atoms with E-state index in [-0.39, 0.29) is 11.8 Å². The molecule has 1 N–H and O–H groups in total. The molecule has 12 heavy (non-hydrogen) atoms. The predicted octanol–water partition coefficient (Wildman–Crippen LogP) is 1.15. The van der Waals surface area contributed by atoms with Crippen molar-refractivity contribution >= 4 is 11.8 Å². The Kier molecular flexibility index (Phi) is 3.51. The van der Waals surface area contributed by atoms with Gasteiger partial charge in [-0.1, -0.05) is 12.5 Å². The molecule has 0 spiro atoms. The average molecular weight is 167 g/mol. The predicted molar refractivity (Wildman–Crippen MR) is 45.4 cm³/mol. The monoisotopic (exact) mass is 167 g/mol. The van der Waals surface area contributed by atoms with Gasteiger partial charge in [-0.05, 0) is 25.3 Å². The molecule has 0 bridgehead atoms. The van der Waals surface area contributed by atoms with Gasteiger partial charge in [0.2, 0.25) is 11.8 Å². The second-order valence-corrected chi connectivity index (χ2v) is 2.91. The maximum Gasteiger partial charge on any atom is 0.250 e. The van der Waals surface area contributed by atoms with Crippen molar-refractivity contribution in [2.45, 2.75) is 32.1 Å². The van der Waals surface area contributed by atoms with Crippen LogP contribution in [0.3, 0.4) is 0 Å². The van der Waals surface area contributed by atoms with Gasteiger partial charge in [0, 0.05) is 6.42 Å². The van der Waals surface area contributed by atoms with Crippen molar-refractivity contribution in [3.63, 3.8) is 0 Å². The van der Waals surface area contributed by atoms with Crippen molar-refractivity contribution in [1.82, 2.24) is 5.32 Å². The second-order valence-electron chi connectivity index (χ2n) is 2.91. The molecule has 3 nitrogen and oxygen atoms in total. The number of carbonyl (C=O) groups excluding carboxylic acids is 2. The maximum atomic E-state index is 10.9. The van der Waals surface area contributed by atoms with Crippen LogP contribution >= 0.6 is 0 Å². The summed E-state index contributed by atoms with van der Waals surface area (Å²) in [5.41, 5.74) is 0. The number of hydrogen-bond acceptors (Lipinski definition) is 2. The Hall–Kier alpha value is -1.12. The van der Waals surface area contributed by atoms with E-state index in [0.29, 0.717) is 6.42 Å². The molecule has 2 amide bonds. The van der Waals surface area contributed by atoms with E-state index in [1.165, 1.54) is 6.08 Å². The highest BCUT2D eigenvalue weighted by molar-refractivity contribution is 6.00. The molecule has 0 fully saturated rings. The minimum Gasteiger partial charge on any atom is -0.293 e. The van der Waals surface area contributed by atoms with Crippen LogP contribution in [0, 0.1) is 0 Å². The molecule has 0 aromatic carbocycles. The molecule has 1 heterocycles. The first kappa shape index (κ1) is 8.97. The van der Waals surface area contributed by atoms with Crippen LogP contribution in [0.25, 0.3) is 0 Å². The summed E-state index contributed by atoms with van der Waals surface area (Å²) in [6, 6.07) is 0. The number of rotatable bonds is 0. The minimum atomic E-state index is -0.290. The van der Waals surface area contributed by atoms with Crippen LogP contribution in [-0.2, 0) is 9.59 Å². The lowest BCUT2D eigenvalue weighted by Crippen LogP contribution is -2.28. The zero-order chi connectivity index (χ0) is 8.81. The molecule has 0 radical (unpaired) electrons. The van der Waals surface area contributed by atoms with Crippen LogP contribution in [0.15, 0.2) is 12.2 Å². The highest BCUT2D eigenvalue weighted by Gasteiger charge is 2.05. The van der Waals surface area contributed by atoms with E-state index in [2.05, 4.69) is 5.32 Å². The molecule has 0 unspecified atom stereocenters. The topological polar surface area (TPSA) is 46.2 Å². The lowest BCUT2D eigenvalue weighted by Gasteiger charge is -2.03. The van der Waals surface area contributed by atoms with Crippen LogP contribution in [-0.4, -0.2) is 11.8 Å². The molecule has 3 heteroatoms. The zero-order valence-electron chi connectivity index (χ0n) is 7.01. The van der Waals surface area contributed by atoms with Crippen molar-refractivity contribution in [1.29, 1.82) is 0 Å². The van der Waals surface area contributed by atoms with E-state index >= 15 is 0 Å². The summed E-state index contributed by atoms with van der Waals surface area (Å²) in [7, 11) is 0. The molecule has 1 rings (SSSR count). The van der Waals surface area contributed by atoms with Gasteiger partial charge < -0.3 is 0 Å². The van der Waals surface area contributed by atoms with Gasteiger partial charge in [0.15, 0.2) is 0 Å². The second kappa shape index (κ2) is 4.70. The van der Waals surface area contributed by atoms with Crippen LogP contribution in [0.2, 0.25) is 0 Å². The standard InChI is InChI=1S/C9H13NO2/c11-8-6-4-2-1-3-5-7-9(12)10-8/h4,6H,1-3,5,7H2,(H,10,11,12)/b6-4-. The Morgan fingerprint density at radius 3 is 2.83 bits per heavy atom. The molecule has 1 aliphatic rings. The Bertz CT molecular complexity index is 209. The first-order chi connectivity index (χ1) is 5.79.